The van der Waals surface area contributed by atoms with E-state index in [4.69, 9.17) is 4.74 Å². The summed E-state index contributed by atoms with van der Waals surface area (Å²) < 4.78 is 5.49. The Balaban J connectivity index is 0.00000289. The van der Waals surface area contributed by atoms with E-state index in [0.29, 0.717) is 19.6 Å². The lowest BCUT2D eigenvalue weighted by molar-refractivity contribution is -0.116. The third-order valence-corrected chi connectivity index (χ3v) is 2.19. The number of hydrogen-bond donors (Lipinski definition) is 2. The van der Waals surface area contributed by atoms with E-state index < -0.39 is 0 Å². The number of carbonyl (C=O) groups excluding carboxylic acids is 1. The van der Waals surface area contributed by atoms with Crippen LogP contribution in [0.25, 0.3) is 0 Å². The second-order valence-electron chi connectivity index (χ2n) is 3.78. The molecule has 0 fully saturated rings. The first kappa shape index (κ1) is 16.7. The molecule has 0 aliphatic heterocycles. The highest BCUT2D eigenvalue weighted by Gasteiger charge is 2.02. The Morgan fingerprint density at radius 1 is 1.39 bits per heavy atom. The molecule has 0 atom stereocenters. The first-order valence-electron chi connectivity index (χ1n) is 5.93. The van der Waals surface area contributed by atoms with E-state index >= 15 is 0 Å². The van der Waals surface area contributed by atoms with Crippen molar-refractivity contribution in [3.05, 3.63) is 24.3 Å². The molecule has 0 aliphatic rings. The van der Waals surface area contributed by atoms with Crippen LogP contribution in [0.2, 0.25) is 0 Å². The van der Waals surface area contributed by atoms with Gasteiger partial charge in [0, 0.05) is 24.7 Å². The lowest BCUT2D eigenvalue weighted by atomic mass is 10.3. The topological polar surface area (TPSA) is 50.4 Å². The van der Waals surface area contributed by atoms with Gasteiger partial charge in [0.15, 0.2) is 0 Å². The molecule has 1 aromatic carbocycles. The van der Waals surface area contributed by atoms with Crippen molar-refractivity contribution < 1.29 is 9.53 Å². The average molecular weight is 273 g/mol. The summed E-state index contributed by atoms with van der Waals surface area (Å²) >= 11 is 0. The average Bonchev–Trinajstić information content (AvgIpc) is 2.34. The van der Waals surface area contributed by atoms with E-state index in [9.17, 15) is 4.79 Å². The van der Waals surface area contributed by atoms with Gasteiger partial charge in [0.2, 0.25) is 5.91 Å². The minimum atomic E-state index is 0. The molecule has 102 valence electrons. The third-order valence-electron chi connectivity index (χ3n) is 2.19. The third kappa shape index (κ3) is 6.47. The molecule has 0 heterocycles. The highest BCUT2D eigenvalue weighted by Crippen LogP contribution is 2.17. The summed E-state index contributed by atoms with van der Waals surface area (Å²) in [5, 5.41) is 5.77. The van der Waals surface area contributed by atoms with Gasteiger partial charge in [-0.1, -0.05) is 13.0 Å². The Morgan fingerprint density at radius 3 is 2.83 bits per heavy atom. The first-order valence-corrected chi connectivity index (χ1v) is 5.93. The molecule has 0 unspecified atom stereocenters. The minimum absolute atomic E-state index is 0. The normalized spacial score (nSPS) is 9.44. The van der Waals surface area contributed by atoms with Gasteiger partial charge in [0.1, 0.15) is 5.75 Å². The highest BCUT2D eigenvalue weighted by atomic mass is 35.5. The number of carbonyl (C=O) groups is 1. The largest absolute Gasteiger partial charge is 0.494 e. The van der Waals surface area contributed by atoms with Crippen molar-refractivity contribution in [3.8, 4) is 5.75 Å². The zero-order valence-electron chi connectivity index (χ0n) is 10.9. The van der Waals surface area contributed by atoms with Crippen molar-refractivity contribution in [2.75, 3.05) is 25.5 Å². The van der Waals surface area contributed by atoms with Crippen LogP contribution in [0.1, 0.15) is 19.8 Å². The van der Waals surface area contributed by atoms with Gasteiger partial charge >= 0.3 is 0 Å². The molecule has 0 saturated heterocycles. The van der Waals surface area contributed by atoms with E-state index in [1.54, 1.807) is 0 Å². The second-order valence-corrected chi connectivity index (χ2v) is 3.78. The molecule has 4 nitrogen and oxygen atoms in total. The van der Waals surface area contributed by atoms with Crippen LogP contribution in [0.3, 0.4) is 0 Å². The highest BCUT2D eigenvalue weighted by molar-refractivity contribution is 5.90. The fourth-order valence-electron chi connectivity index (χ4n) is 1.35. The molecule has 0 aliphatic carbocycles. The van der Waals surface area contributed by atoms with E-state index in [1.807, 2.05) is 31.3 Å². The molecule has 0 aromatic heterocycles. The van der Waals surface area contributed by atoms with Crippen LogP contribution in [0.5, 0.6) is 5.75 Å². The van der Waals surface area contributed by atoms with Gasteiger partial charge in [-0.05, 0) is 25.6 Å². The quantitative estimate of drug-likeness (QED) is 0.802. The smallest absolute Gasteiger partial charge is 0.225 e. The van der Waals surface area contributed by atoms with Crippen LogP contribution in [-0.4, -0.2) is 26.1 Å². The zero-order chi connectivity index (χ0) is 12.5. The molecule has 0 bridgehead atoms. The van der Waals surface area contributed by atoms with E-state index in [0.717, 1.165) is 17.9 Å². The van der Waals surface area contributed by atoms with Gasteiger partial charge in [0.05, 0.1) is 6.61 Å². The Kier molecular flexibility index (Phi) is 9.06. The van der Waals surface area contributed by atoms with Crippen LogP contribution >= 0.6 is 12.4 Å². The molecule has 18 heavy (non-hydrogen) atoms. The first-order chi connectivity index (χ1) is 8.26. The predicted octanol–water partition coefficient (Wildman–Crippen LogP) is 2.45. The van der Waals surface area contributed by atoms with Crippen molar-refractivity contribution in [3.63, 3.8) is 0 Å². The summed E-state index contributed by atoms with van der Waals surface area (Å²) in [6.07, 6.45) is 1.44. The molecule has 2 N–H and O–H groups in total. The van der Waals surface area contributed by atoms with Gasteiger partial charge in [-0.3, -0.25) is 4.79 Å². The summed E-state index contributed by atoms with van der Waals surface area (Å²) in [6, 6.07) is 7.46. The predicted molar refractivity (Wildman–Crippen MR) is 76.6 cm³/mol. The van der Waals surface area contributed by atoms with Gasteiger partial charge in [-0.25, -0.2) is 0 Å². The van der Waals surface area contributed by atoms with Gasteiger partial charge in [-0.2, -0.15) is 0 Å². The maximum atomic E-state index is 11.5. The number of halogens is 1. The number of amides is 1. The fraction of sp³-hybridized carbons (Fsp3) is 0.462. The van der Waals surface area contributed by atoms with Gasteiger partial charge in [-0.15, -0.1) is 12.4 Å². The van der Waals surface area contributed by atoms with Crippen molar-refractivity contribution in [2.45, 2.75) is 19.8 Å². The van der Waals surface area contributed by atoms with Crippen molar-refractivity contribution >= 4 is 24.0 Å². The van der Waals surface area contributed by atoms with Crippen LogP contribution in [-0.2, 0) is 4.79 Å². The molecule has 0 radical (unpaired) electrons. The summed E-state index contributed by atoms with van der Waals surface area (Å²) in [5.41, 5.74) is 0.778. The van der Waals surface area contributed by atoms with Crippen LogP contribution in [0, 0.1) is 0 Å². The summed E-state index contributed by atoms with van der Waals surface area (Å²) in [5.74, 6) is 0.797. The van der Waals surface area contributed by atoms with Crippen LogP contribution in [0.15, 0.2) is 24.3 Å². The lowest BCUT2D eigenvalue weighted by Crippen LogP contribution is -2.18. The second kappa shape index (κ2) is 9.74. The Bertz CT molecular complexity index is 359. The Hall–Kier alpha value is -1.26. The standard InChI is InChI=1S/C13H20N2O2.ClH/c1-3-9-17-12-6-4-5-11(10-12)15-13(16)7-8-14-2;/h4-6,10,14H,3,7-9H2,1-2H3,(H,15,16);1H. The number of anilines is 1. The molecule has 1 amide bonds. The molecule has 1 rings (SSSR count). The van der Waals surface area contributed by atoms with Gasteiger partial charge in [0.25, 0.3) is 0 Å². The number of benzene rings is 1. The molecule has 1 aromatic rings. The zero-order valence-corrected chi connectivity index (χ0v) is 11.7. The monoisotopic (exact) mass is 272 g/mol. The number of nitrogens with one attached hydrogen (secondary N) is 2. The Morgan fingerprint density at radius 2 is 2.17 bits per heavy atom. The van der Waals surface area contributed by atoms with Crippen molar-refractivity contribution in [1.82, 2.24) is 5.32 Å². The maximum absolute atomic E-state index is 11.5. The van der Waals surface area contributed by atoms with Crippen LogP contribution < -0.4 is 15.4 Å². The summed E-state index contributed by atoms with van der Waals surface area (Å²) in [4.78, 5) is 11.5. The minimum Gasteiger partial charge on any atom is -0.494 e. The number of hydrogen-bond acceptors (Lipinski definition) is 3. The Labute approximate surface area is 115 Å². The van der Waals surface area contributed by atoms with E-state index in [1.165, 1.54) is 0 Å². The SMILES string of the molecule is CCCOc1cccc(NC(=O)CCNC)c1.Cl. The molecule has 5 heteroatoms. The number of ether oxygens (including phenoxy) is 1. The maximum Gasteiger partial charge on any atom is 0.225 e. The van der Waals surface area contributed by atoms with E-state index in [2.05, 4.69) is 17.6 Å². The van der Waals surface area contributed by atoms with Crippen LogP contribution in [0.4, 0.5) is 5.69 Å². The molecule has 0 saturated carbocycles. The summed E-state index contributed by atoms with van der Waals surface area (Å²) in [6.45, 7) is 3.43. The lowest BCUT2D eigenvalue weighted by Gasteiger charge is -2.08. The summed E-state index contributed by atoms with van der Waals surface area (Å²) in [7, 11) is 1.83. The number of rotatable bonds is 7. The van der Waals surface area contributed by atoms with Gasteiger partial charge < -0.3 is 15.4 Å². The molecular weight excluding hydrogens is 252 g/mol. The van der Waals surface area contributed by atoms with Crippen molar-refractivity contribution in [2.24, 2.45) is 0 Å². The molecular formula is C13H21ClN2O2. The fourth-order valence-corrected chi connectivity index (χ4v) is 1.35. The van der Waals surface area contributed by atoms with E-state index in [-0.39, 0.29) is 18.3 Å². The van der Waals surface area contributed by atoms with Crippen molar-refractivity contribution in [1.29, 1.82) is 0 Å². The molecule has 0 spiro atoms.